The number of halogens is 1. The molecule has 0 spiro atoms. The molecule has 98 valence electrons. The van der Waals surface area contributed by atoms with Crippen LogP contribution in [-0.2, 0) is 0 Å². The summed E-state index contributed by atoms with van der Waals surface area (Å²) in [6, 6.07) is 16.1. The number of aliphatic hydroxyl groups excluding tert-OH is 1. The summed E-state index contributed by atoms with van der Waals surface area (Å²) >= 11 is 0. The first-order valence-corrected chi connectivity index (χ1v) is 6.02. The third-order valence-electron chi connectivity index (χ3n) is 3.00. The van der Waals surface area contributed by atoms with Gasteiger partial charge in [0, 0.05) is 17.3 Å². The molecule has 3 aromatic rings. The van der Waals surface area contributed by atoms with Crippen LogP contribution in [0.2, 0.25) is 0 Å². The molecule has 1 heterocycles. The molecular weight excluding hydrogens is 260 g/mol. The van der Waals surface area contributed by atoms with Crippen LogP contribution in [0, 0.1) is 0 Å². The number of fused-ring (bicyclic) bond motifs is 2. The molecule has 2 aromatic carbocycles. The number of pyridine rings is 1. The van der Waals surface area contributed by atoms with Gasteiger partial charge in [-0.1, -0.05) is 36.4 Å². The van der Waals surface area contributed by atoms with Gasteiger partial charge < -0.3 is 10.4 Å². The van der Waals surface area contributed by atoms with Crippen LogP contribution in [0.5, 0.6) is 0 Å². The molecule has 0 bridgehead atoms. The maximum Gasteiger partial charge on any atom is 0.0730 e. The molecule has 0 amide bonds. The summed E-state index contributed by atoms with van der Waals surface area (Å²) in [5.41, 5.74) is 2.98. The summed E-state index contributed by atoms with van der Waals surface area (Å²) in [7, 11) is 0. The van der Waals surface area contributed by atoms with Crippen LogP contribution in [0.15, 0.2) is 48.5 Å². The van der Waals surface area contributed by atoms with E-state index in [1.807, 2.05) is 36.4 Å². The van der Waals surface area contributed by atoms with Gasteiger partial charge in [-0.15, -0.1) is 12.4 Å². The third-order valence-corrected chi connectivity index (χ3v) is 3.00. The summed E-state index contributed by atoms with van der Waals surface area (Å²) in [5.74, 6) is 0. The van der Waals surface area contributed by atoms with Gasteiger partial charge in [0.25, 0.3) is 0 Å². The second-order valence-electron chi connectivity index (χ2n) is 4.17. The molecule has 0 unspecified atom stereocenters. The molecule has 0 atom stereocenters. The van der Waals surface area contributed by atoms with Gasteiger partial charge in [0.05, 0.1) is 23.3 Å². The molecule has 2 N–H and O–H groups in total. The van der Waals surface area contributed by atoms with Crippen molar-refractivity contribution in [1.29, 1.82) is 0 Å². The van der Waals surface area contributed by atoms with Crippen molar-refractivity contribution in [3.8, 4) is 0 Å². The Labute approximate surface area is 117 Å². The molecule has 4 heteroatoms. The molecule has 0 radical (unpaired) electrons. The summed E-state index contributed by atoms with van der Waals surface area (Å²) in [6.45, 7) is 0.656. The number of rotatable bonds is 3. The van der Waals surface area contributed by atoms with E-state index in [2.05, 4.69) is 22.4 Å². The number of aromatic nitrogens is 1. The maximum atomic E-state index is 8.99. The minimum atomic E-state index is 0. The molecular formula is C15H15ClN2O. The SMILES string of the molecule is Cl.OCCNc1c2ccccc2nc2ccccc12. The Kier molecular flexibility index (Phi) is 4.20. The van der Waals surface area contributed by atoms with E-state index >= 15 is 0 Å². The average molecular weight is 275 g/mol. The van der Waals surface area contributed by atoms with E-state index in [0.29, 0.717) is 6.54 Å². The second-order valence-corrected chi connectivity index (χ2v) is 4.17. The smallest absolute Gasteiger partial charge is 0.0730 e. The van der Waals surface area contributed by atoms with Gasteiger partial charge in [0.1, 0.15) is 0 Å². The van der Waals surface area contributed by atoms with Gasteiger partial charge in [0.15, 0.2) is 0 Å². The van der Waals surface area contributed by atoms with Crippen molar-refractivity contribution < 1.29 is 5.11 Å². The largest absolute Gasteiger partial charge is 0.395 e. The van der Waals surface area contributed by atoms with E-state index in [1.54, 1.807) is 0 Å². The van der Waals surface area contributed by atoms with Crippen molar-refractivity contribution in [1.82, 2.24) is 4.98 Å². The van der Waals surface area contributed by atoms with Crippen LogP contribution in [0.1, 0.15) is 0 Å². The number of para-hydroxylation sites is 2. The van der Waals surface area contributed by atoms with Gasteiger partial charge in [0.2, 0.25) is 0 Å². The molecule has 0 aliphatic carbocycles. The van der Waals surface area contributed by atoms with Crippen molar-refractivity contribution in [2.24, 2.45) is 0 Å². The number of anilines is 1. The highest BCUT2D eigenvalue weighted by Gasteiger charge is 2.07. The predicted molar refractivity (Wildman–Crippen MR) is 82.1 cm³/mol. The van der Waals surface area contributed by atoms with E-state index in [9.17, 15) is 0 Å². The molecule has 0 saturated carbocycles. The topological polar surface area (TPSA) is 45.1 Å². The fraction of sp³-hybridized carbons (Fsp3) is 0.133. The first-order chi connectivity index (χ1) is 8.90. The number of aliphatic hydroxyl groups is 1. The van der Waals surface area contributed by atoms with E-state index in [1.165, 1.54) is 0 Å². The lowest BCUT2D eigenvalue weighted by molar-refractivity contribution is 0.311. The fourth-order valence-electron chi connectivity index (χ4n) is 2.21. The van der Waals surface area contributed by atoms with Crippen LogP contribution >= 0.6 is 12.4 Å². The van der Waals surface area contributed by atoms with Gasteiger partial charge >= 0.3 is 0 Å². The minimum absolute atomic E-state index is 0. The Morgan fingerprint density at radius 3 is 1.95 bits per heavy atom. The monoisotopic (exact) mass is 274 g/mol. The lowest BCUT2D eigenvalue weighted by Crippen LogP contribution is -2.06. The Bertz CT molecular complexity index is 646. The predicted octanol–water partition coefficient (Wildman–Crippen LogP) is 3.21. The normalized spacial score (nSPS) is 10.4. The molecule has 19 heavy (non-hydrogen) atoms. The highest BCUT2D eigenvalue weighted by atomic mass is 35.5. The molecule has 0 saturated heterocycles. The molecule has 1 aromatic heterocycles. The van der Waals surface area contributed by atoms with Crippen molar-refractivity contribution >= 4 is 39.9 Å². The number of nitrogens with one attached hydrogen (secondary N) is 1. The highest BCUT2D eigenvalue weighted by molar-refractivity contribution is 6.07. The van der Waals surface area contributed by atoms with Gasteiger partial charge in [-0.05, 0) is 12.1 Å². The lowest BCUT2D eigenvalue weighted by Gasteiger charge is -2.12. The Morgan fingerprint density at radius 1 is 0.895 bits per heavy atom. The fourth-order valence-corrected chi connectivity index (χ4v) is 2.21. The van der Waals surface area contributed by atoms with Gasteiger partial charge in [-0.2, -0.15) is 0 Å². The minimum Gasteiger partial charge on any atom is -0.395 e. The van der Waals surface area contributed by atoms with Crippen molar-refractivity contribution in [3.63, 3.8) is 0 Å². The molecule has 3 rings (SSSR count). The Morgan fingerprint density at radius 2 is 1.42 bits per heavy atom. The first kappa shape index (κ1) is 13.6. The molecule has 3 nitrogen and oxygen atoms in total. The van der Waals surface area contributed by atoms with E-state index in [4.69, 9.17) is 5.11 Å². The van der Waals surface area contributed by atoms with Crippen LogP contribution in [0.25, 0.3) is 21.8 Å². The summed E-state index contributed by atoms with van der Waals surface area (Å²) in [5, 5.41) is 14.5. The zero-order valence-electron chi connectivity index (χ0n) is 10.3. The second kappa shape index (κ2) is 5.87. The zero-order valence-corrected chi connectivity index (χ0v) is 11.2. The van der Waals surface area contributed by atoms with Crippen molar-refractivity contribution in [2.75, 3.05) is 18.5 Å². The van der Waals surface area contributed by atoms with Gasteiger partial charge in [-0.3, -0.25) is 0 Å². The number of hydrogen-bond acceptors (Lipinski definition) is 3. The van der Waals surface area contributed by atoms with Gasteiger partial charge in [-0.25, -0.2) is 4.98 Å². The number of benzene rings is 2. The van der Waals surface area contributed by atoms with Crippen LogP contribution in [0.4, 0.5) is 5.69 Å². The Balaban J connectivity index is 0.00000133. The Hall–Kier alpha value is -1.84. The zero-order chi connectivity index (χ0) is 12.4. The quantitative estimate of drug-likeness (QED) is 0.721. The summed E-state index contributed by atoms with van der Waals surface area (Å²) in [6.07, 6.45) is 0. The first-order valence-electron chi connectivity index (χ1n) is 6.02. The number of nitrogens with zero attached hydrogens (tertiary/aromatic N) is 1. The van der Waals surface area contributed by atoms with E-state index < -0.39 is 0 Å². The van der Waals surface area contributed by atoms with Crippen molar-refractivity contribution in [2.45, 2.75) is 0 Å². The third kappa shape index (κ3) is 2.48. The molecule has 0 aliphatic rings. The van der Waals surface area contributed by atoms with E-state index in [-0.39, 0.29) is 19.0 Å². The summed E-state index contributed by atoms with van der Waals surface area (Å²) < 4.78 is 0. The average Bonchev–Trinajstić information content (AvgIpc) is 2.43. The lowest BCUT2D eigenvalue weighted by atomic mass is 10.1. The summed E-state index contributed by atoms with van der Waals surface area (Å²) in [4.78, 5) is 4.64. The molecule has 0 fully saturated rings. The van der Waals surface area contributed by atoms with Crippen molar-refractivity contribution in [3.05, 3.63) is 48.5 Å². The highest BCUT2D eigenvalue weighted by Crippen LogP contribution is 2.30. The van der Waals surface area contributed by atoms with Crippen LogP contribution in [-0.4, -0.2) is 23.2 Å². The van der Waals surface area contributed by atoms with Crippen LogP contribution < -0.4 is 5.32 Å². The number of hydrogen-bond donors (Lipinski definition) is 2. The standard InChI is InChI=1S/C15H14N2O.ClH/c18-10-9-16-15-11-5-1-3-7-13(11)17-14-8-4-2-6-12(14)15;/h1-8,18H,9-10H2,(H,16,17);1H. The van der Waals surface area contributed by atoms with Crippen LogP contribution in [0.3, 0.4) is 0 Å². The van der Waals surface area contributed by atoms with E-state index in [0.717, 1.165) is 27.5 Å². The molecule has 0 aliphatic heterocycles. The maximum absolute atomic E-state index is 8.99.